The van der Waals surface area contributed by atoms with E-state index in [0.717, 1.165) is 18.2 Å². The smallest absolute Gasteiger partial charge is 0.367 e. The molecule has 12 heavy (non-hydrogen) atoms. The number of hydrogen-bond donors (Lipinski definition) is 1. The van der Waals surface area contributed by atoms with Gasteiger partial charge in [0.05, 0.1) is 7.11 Å². The summed E-state index contributed by atoms with van der Waals surface area (Å²) in [5.74, 6) is 1.23. The number of rotatable bonds is 4. The molecule has 0 radical (unpaired) electrons. The quantitative estimate of drug-likeness (QED) is 0.689. The number of nitrogens with two attached hydrogens (primary N) is 1. The van der Waals surface area contributed by atoms with Crippen LogP contribution in [0.1, 0.15) is 20.3 Å². The van der Waals surface area contributed by atoms with Gasteiger partial charge in [-0.2, -0.15) is 0 Å². The molecule has 0 spiro atoms. The van der Waals surface area contributed by atoms with E-state index in [1.807, 2.05) is 0 Å². The van der Waals surface area contributed by atoms with Crippen molar-refractivity contribution in [3.8, 4) is 0 Å². The molecule has 1 atom stereocenters. The van der Waals surface area contributed by atoms with Gasteiger partial charge in [-0.15, -0.1) is 0 Å². The van der Waals surface area contributed by atoms with Crippen LogP contribution in [0.3, 0.4) is 0 Å². The third-order valence-corrected chi connectivity index (χ3v) is 2.35. The number of carbonyl (C=O) groups is 1. The van der Waals surface area contributed by atoms with E-state index in [1.165, 1.54) is 7.11 Å². The Morgan fingerprint density at radius 2 is 2.17 bits per heavy atom. The average Bonchev–Trinajstić information content (AvgIpc) is 1.99. The Balaban J connectivity index is 3.43. The summed E-state index contributed by atoms with van der Waals surface area (Å²) in [6.07, 6.45) is 0.948. The van der Waals surface area contributed by atoms with Gasteiger partial charge >= 0.3 is 5.30 Å². The SMILES string of the molecule is COC(=O)SC[C@H](N)CC(C)C. The van der Waals surface area contributed by atoms with Crippen molar-refractivity contribution in [3.05, 3.63) is 0 Å². The summed E-state index contributed by atoms with van der Waals surface area (Å²) >= 11 is 1.14. The van der Waals surface area contributed by atoms with Crippen molar-refractivity contribution in [1.82, 2.24) is 0 Å². The Kier molecular flexibility index (Phi) is 6.20. The Bertz CT molecular complexity index is 139. The fraction of sp³-hybridized carbons (Fsp3) is 0.875. The lowest BCUT2D eigenvalue weighted by Crippen LogP contribution is -2.25. The van der Waals surface area contributed by atoms with E-state index >= 15 is 0 Å². The normalized spacial score (nSPS) is 13.1. The van der Waals surface area contributed by atoms with Crippen molar-refractivity contribution in [2.24, 2.45) is 11.7 Å². The highest BCUT2D eigenvalue weighted by atomic mass is 32.2. The molecule has 0 aromatic rings. The van der Waals surface area contributed by atoms with Crippen LogP contribution in [0.4, 0.5) is 4.79 Å². The van der Waals surface area contributed by atoms with Crippen LogP contribution >= 0.6 is 11.8 Å². The number of hydrogen-bond acceptors (Lipinski definition) is 4. The Labute approximate surface area is 78.0 Å². The molecular weight excluding hydrogens is 174 g/mol. The van der Waals surface area contributed by atoms with Crippen molar-refractivity contribution in [2.75, 3.05) is 12.9 Å². The highest BCUT2D eigenvalue weighted by Crippen LogP contribution is 2.10. The second-order valence-corrected chi connectivity index (χ2v) is 4.11. The van der Waals surface area contributed by atoms with Gasteiger partial charge in [-0.25, -0.2) is 4.79 Å². The van der Waals surface area contributed by atoms with E-state index in [0.29, 0.717) is 11.7 Å². The Morgan fingerprint density at radius 3 is 2.58 bits per heavy atom. The predicted octanol–water partition coefficient (Wildman–Crippen LogP) is 1.86. The lowest BCUT2D eigenvalue weighted by molar-refractivity contribution is 0.200. The van der Waals surface area contributed by atoms with Gasteiger partial charge in [0.1, 0.15) is 0 Å². The second kappa shape index (κ2) is 6.31. The predicted molar refractivity (Wildman–Crippen MR) is 52.3 cm³/mol. The largest absolute Gasteiger partial charge is 0.461 e. The zero-order valence-corrected chi connectivity index (χ0v) is 8.69. The van der Waals surface area contributed by atoms with E-state index in [4.69, 9.17) is 5.73 Å². The molecule has 4 heteroatoms. The fourth-order valence-electron chi connectivity index (χ4n) is 0.908. The Hall–Kier alpha value is -0.220. The number of carbonyl (C=O) groups excluding carboxylic acids is 1. The first-order valence-electron chi connectivity index (χ1n) is 4.02. The number of thioether (sulfide) groups is 1. The highest BCUT2D eigenvalue weighted by molar-refractivity contribution is 8.13. The maximum Gasteiger partial charge on any atom is 0.367 e. The first-order valence-corrected chi connectivity index (χ1v) is 5.01. The van der Waals surface area contributed by atoms with Gasteiger partial charge in [0, 0.05) is 11.8 Å². The lowest BCUT2D eigenvalue weighted by atomic mass is 10.1. The van der Waals surface area contributed by atoms with E-state index < -0.39 is 0 Å². The van der Waals surface area contributed by atoms with Gasteiger partial charge in [0.25, 0.3) is 0 Å². The third-order valence-electron chi connectivity index (χ3n) is 1.36. The van der Waals surface area contributed by atoms with Crippen LogP contribution in [0.15, 0.2) is 0 Å². The summed E-state index contributed by atoms with van der Waals surface area (Å²) in [5.41, 5.74) is 5.75. The molecule has 0 aromatic heterocycles. The average molecular weight is 191 g/mol. The molecule has 2 N–H and O–H groups in total. The molecule has 72 valence electrons. The van der Waals surface area contributed by atoms with Crippen LogP contribution in [0.5, 0.6) is 0 Å². The van der Waals surface area contributed by atoms with Crippen molar-refractivity contribution in [1.29, 1.82) is 0 Å². The van der Waals surface area contributed by atoms with Crippen LogP contribution in [0.25, 0.3) is 0 Å². The molecule has 0 saturated heterocycles. The first kappa shape index (κ1) is 11.8. The molecule has 0 fully saturated rings. The summed E-state index contributed by atoms with van der Waals surface area (Å²) in [6.45, 7) is 4.23. The van der Waals surface area contributed by atoms with E-state index in [2.05, 4.69) is 18.6 Å². The van der Waals surface area contributed by atoms with Crippen LogP contribution in [-0.4, -0.2) is 24.2 Å². The highest BCUT2D eigenvalue weighted by Gasteiger charge is 2.08. The summed E-state index contributed by atoms with van der Waals surface area (Å²) < 4.78 is 4.47. The molecule has 0 amide bonds. The van der Waals surface area contributed by atoms with Crippen LogP contribution in [0.2, 0.25) is 0 Å². The summed E-state index contributed by atoms with van der Waals surface area (Å²) in [5, 5.41) is -0.255. The molecule has 0 bridgehead atoms. The van der Waals surface area contributed by atoms with Crippen LogP contribution in [-0.2, 0) is 4.74 Å². The van der Waals surface area contributed by atoms with Crippen LogP contribution in [0, 0.1) is 5.92 Å². The van der Waals surface area contributed by atoms with E-state index in [-0.39, 0.29) is 11.3 Å². The summed E-state index contributed by atoms with van der Waals surface area (Å²) in [6, 6.07) is 0.0918. The van der Waals surface area contributed by atoms with E-state index in [9.17, 15) is 4.79 Å². The minimum Gasteiger partial charge on any atom is -0.461 e. The molecule has 0 heterocycles. The second-order valence-electron chi connectivity index (χ2n) is 3.15. The Morgan fingerprint density at radius 1 is 1.58 bits per heavy atom. The van der Waals surface area contributed by atoms with Gasteiger partial charge in [0.15, 0.2) is 0 Å². The molecule has 0 saturated carbocycles. The molecule has 0 rings (SSSR count). The van der Waals surface area contributed by atoms with Gasteiger partial charge < -0.3 is 10.5 Å². The molecule has 0 aliphatic rings. The maximum atomic E-state index is 10.7. The topological polar surface area (TPSA) is 52.3 Å². The molecule has 0 aliphatic carbocycles. The molecule has 3 nitrogen and oxygen atoms in total. The first-order chi connectivity index (χ1) is 5.56. The van der Waals surface area contributed by atoms with Crippen molar-refractivity contribution < 1.29 is 9.53 Å². The van der Waals surface area contributed by atoms with Crippen molar-refractivity contribution >= 4 is 17.1 Å². The van der Waals surface area contributed by atoms with Gasteiger partial charge in [0.2, 0.25) is 0 Å². The number of ether oxygens (including phenoxy) is 1. The summed E-state index contributed by atoms with van der Waals surface area (Å²) in [7, 11) is 1.38. The molecule has 0 aliphatic heterocycles. The van der Waals surface area contributed by atoms with E-state index in [1.54, 1.807) is 0 Å². The number of methoxy groups -OCH3 is 1. The minimum absolute atomic E-state index is 0.0918. The van der Waals surface area contributed by atoms with Crippen molar-refractivity contribution in [2.45, 2.75) is 26.3 Å². The molecule has 0 aromatic carbocycles. The third kappa shape index (κ3) is 6.49. The van der Waals surface area contributed by atoms with Crippen LogP contribution < -0.4 is 5.73 Å². The van der Waals surface area contributed by atoms with Gasteiger partial charge in [-0.05, 0) is 24.1 Å². The fourth-order valence-corrected chi connectivity index (χ4v) is 1.51. The summed E-state index contributed by atoms with van der Waals surface area (Å²) in [4.78, 5) is 10.7. The zero-order valence-electron chi connectivity index (χ0n) is 7.87. The van der Waals surface area contributed by atoms with Crippen molar-refractivity contribution in [3.63, 3.8) is 0 Å². The standard InChI is InChI=1S/C8H17NO2S/c1-6(2)4-7(9)5-12-8(10)11-3/h6-7H,4-5,9H2,1-3H3/t7-/m1/s1. The van der Waals surface area contributed by atoms with Gasteiger partial charge in [-0.3, -0.25) is 0 Å². The molecule has 0 unspecified atom stereocenters. The minimum atomic E-state index is -0.255. The maximum absolute atomic E-state index is 10.7. The monoisotopic (exact) mass is 191 g/mol. The lowest BCUT2D eigenvalue weighted by Gasteiger charge is -2.12. The molecular formula is C8H17NO2S. The van der Waals surface area contributed by atoms with Gasteiger partial charge in [-0.1, -0.05) is 13.8 Å². The zero-order chi connectivity index (χ0) is 9.56.